The van der Waals surface area contributed by atoms with Crippen LogP contribution < -0.4 is 15.0 Å². The first-order valence-electron chi connectivity index (χ1n) is 8.34. The van der Waals surface area contributed by atoms with Crippen LogP contribution in [0.1, 0.15) is 5.56 Å². The third-order valence-corrected chi connectivity index (χ3v) is 5.59. The lowest BCUT2D eigenvalue weighted by Gasteiger charge is -2.38. The van der Waals surface area contributed by atoms with Gasteiger partial charge in [-0.05, 0) is 24.3 Å². The minimum Gasteiger partial charge on any atom is -0.496 e. The SMILES string of the molecule is COc1ccccc1CNC(=O)C1CN(c2nc3ccc(F)cc3s2)C1. The molecule has 1 amide bonds. The molecule has 1 fully saturated rings. The van der Waals surface area contributed by atoms with Gasteiger partial charge in [-0.3, -0.25) is 4.79 Å². The summed E-state index contributed by atoms with van der Waals surface area (Å²) in [5.74, 6) is 0.474. The lowest BCUT2D eigenvalue weighted by Crippen LogP contribution is -2.53. The van der Waals surface area contributed by atoms with Crippen molar-refractivity contribution in [1.29, 1.82) is 0 Å². The summed E-state index contributed by atoms with van der Waals surface area (Å²) in [5.41, 5.74) is 1.74. The van der Waals surface area contributed by atoms with E-state index in [0.717, 1.165) is 26.7 Å². The quantitative estimate of drug-likeness (QED) is 0.748. The lowest BCUT2D eigenvalue weighted by atomic mass is 10.00. The van der Waals surface area contributed by atoms with E-state index in [1.54, 1.807) is 13.2 Å². The van der Waals surface area contributed by atoms with Crippen molar-refractivity contribution in [1.82, 2.24) is 10.3 Å². The number of aromatic nitrogens is 1. The van der Waals surface area contributed by atoms with Gasteiger partial charge in [0.2, 0.25) is 5.91 Å². The molecule has 5 nitrogen and oxygen atoms in total. The van der Waals surface area contributed by atoms with Crippen LogP contribution in [0.4, 0.5) is 9.52 Å². The van der Waals surface area contributed by atoms with Gasteiger partial charge in [-0.2, -0.15) is 0 Å². The Morgan fingerprint density at radius 2 is 2.15 bits per heavy atom. The highest BCUT2D eigenvalue weighted by Crippen LogP contribution is 2.33. The van der Waals surface area contributed by atoms with Crippen LogP contribution in [0.2, 0.25) is 0 Å². The number of nitrogens with zero attached hydrogens (tertiary/aromatic N) is 2. The summed E-state index contributed by atoms with van der Waals surface area (Å²) in [7, 11) is 1.62. The topological polar surface area (TPSA) is 54.5 Å². The van der Waals surface area contributed by atoms with Gasteiger partial charge in [0.15, 0.2) is 5.13 Å². The Bertz CT molecular complexity index is 953. The third kappa shape index (κ3) is 3.22. The number of ether oxygens (including phenoxy) is 1. The zero-order valence-corrected chi connectivity index (χ0v) is 15.1. The van der Waals surface area contributed by atoms with E-state index in [0.29, 0.717) is 19.6 Å². The molecule has 26 heavy (non-hydrogen) atoms. The lowest BCUT2D eigenvalue weighted by molar-refractivity contribution is -0.125. The van der Waals surface area contributed by atoms with Gasteiger partial charge in [0.05, 0.1) is 23.2 Å². The highest BCUT2D eigenvalue weighted by Gasteiger charge is 2.34. The molecule has 1 saturated heterocycles. The number of halogens is 1. The number of hydrogen-bond donors (Lipinski definition) is 1. The largest absolute Gasteiger partial charge is 0.496 e. The van der Waals surface area contributed by atoms with E-state index in [2.05, 4.69) is 15.2 Å². The number of para-hydroxylation sites is 1. The first-order valence-corrected chi connectivity index (χ1v) is 9.16. The summed E-state index contributed by atoms with van der Waals surface area (Å²) < 4.78 is 19.4. The van der Waals surface area contributed by atoms with Crippen LogP contribution in [0, 0.1) is 11.7 Å². The second-order valence-corrected chi connectivity index (χ2v) is 7.25. The second-order valence-electron chi connectivity index (χ2n) is 6.24. The van der Waals surface area contributed by atoms with E-state index < -0.39 is 0 Å². The molecule has 2 aromatic carbocycles. The first-order chi connectivity index (χ1) is 12.6. The van der Waals surface area contributed by atoms with Gasteiger partial charge < -0.3 is 15.0 Å². The molecule has 3 aromatic rings. The van der Waals surface area contributed by atoms with Gasteiger partial charge in [-0.1, -0.05) is 29.5 Å². The zero-order chi connectivity index (χ0) is 18.1. The van der Waals surface area contributed by atoms with Crippen molar-refractivity contribution in [3.05, 3.63) is 53.8 Å². The van der Waals surface area contributed by atoms with Crippen LogP contribution in [-0.2, 0) is 11.3 Å². The van der Waals surface area contributed by atoms with Gasteiger partial charge in [0.25, 0.3) is 0 Å². The number of benzene rings is 2. The fourth-order valence-electron chi connectivity index (χ4n) is 3.00. The predicted molar refractivity (Wildman–Crippen MR) is 100 cm³/mol. The third-order valence-electron chi connectivity index (χ3n) is 4.51. The summed E-state index contributed by atoms with van der Waals surface area (Å²) in [6, 6.07) is 12.2. The summed E-state index contributed by atoms with van der Waals surface area (Å²) in [6.07, 6.45) is 0. The second kappa shape index (κ2) is 6.92. The van der Waals surface area contributed by atoms with Crippen molar-refractivity contribution in [2.75, 3.05) is 25.1 Å². The summed E-state index contributed by atoms with van der Waals surface area (Å²) in [5, 5.41) is 3.80. The molecule has 1 aliphatic heterocycles. The number of fused-ring (bicyclic) bond motifs is 1. The average Bonchev–Trinajstić information content (AvgIpc) is 3.01. The molecule has 0 atom stereocenters. The van der Waals surface area contributed by atoms with Gasteiger partial charge >= 0.3 is 0 Å². The monoisotopic (exact) mass is 371 g/mol. The number of rotatable bonds is 5. The fourth-order valence-corrected chi connectivity index (χ4v) is 4.01. The number of carbonyl (C=O) groups is 1. The van der Waals surface area contributed by atoms with Crippen LogP contribution in [0.5, 0.6) is 5.75 Å². The molecule has 4 rings (SSSR count). The average molecular weight is 371 g/mol. The standard InChI is InChI=1S/C19H18FN3O2S/c1-25-16-5-3-2-4-12(16)9-21-18(24)13-10-23(11-13)19-22-15-7-6-14(20)8-17(15)26-19/h2-8,13H,9-11H2,1H3,(H,21,24). The van der Waals surface area contributed by atoms with Crippen LogP contribution >= 0.6 is 11.3 Å². The van der Waals surface area contributed by atoms with E-state index in [4.69, 9.17) is 4.74 Å². The Morgan fingerprint density at radius 1 is 1.35 bits per heavy atom. The predicted octanol–water partition coefficient (Wildman–Crippen LogP) is 3.20. The Balaban J connectivity index is 1.34. The number of anilines is 1. The maximum atomic E-state index is 13.3. The number of nitrogens with one attached hydrogen (secondary N) is 1. The molecule has 1 aromatic heterocycles. The van der Waals surface area contributed by atoms with E-state index in [1.165, 1.54) is 23.5 Å². The van der Waals surface area contributed by atoms with Crippen molar-refractivity contribution in [2.24, 2.45) is 5.92 Å². The van der Waals surface area contributed by atoms with Gasteiger partial charge in [-0.15, -0.1) is 0 Å². The molecular formula is C19H18FN3O2S. The van der Waals surface area contributed by atoms with E-state index in [9.17, 15) is 9.18 Å². The zero-order valence-electron chi connectivity index (χ0n) is 14.2. The normalized spacial score (nSPS) is 14.3. The number of thiazole rings is 1. The van der Waals surface area contributed by atoms with Gasteiger partial charge in [0.1, 0.15) is 11.6 Å². The van der Waals surface area contributed by atoms with Crippen LogP contribution in [0.3, 0.4) is 0 Å². The van der Waals surface area contributed by atoms with E-state index in [1.807, 2.05) is 24.3 Å². The van der Waals surface area contributed by atoms with Crippen LogP contribution in [0.25, 0.3) is 10.2 Å². The maximum absolute atomic E-state index is 13.3. The molecule has 0 spiro atoms. The molecule has 0 radical (unpaired) electrons. The van der Waals surface area contributed by atoms with Crippen molar-refractivity contribution in [2.45, 2.75) is 6.54 Å². The highest BCUT2D eigenvalue weighted by atomic mass is 32.1. The smallest absolute Gasteiger partial charge is 0.226 e. The Morgan fingerprint density at radius 3 is 2.96 bits per heavy atom. The minimum atomic E-state index is -0.259. The molecule has 7 heteroatoms. The Labute approximate surface area is 154 Å². The molecule has 1 aliphatic rings. The molecule has 0 saturated carbocycles. The fraction of sp³-hybridized carbons (Fsp3) is 0.263. The number of hydrogen-bond acceptors (Lipinski definition) is 5. The molecule has 0 aliphatic carbocycles. The van der Waals surface area contributed by atoms with Crippen LogP contribution in [-0.4, -0.2) is 31.1 Å². The highest BCUT2D eigenvalue weighted by molar-refractivity contribution is 7.22. The Kier molecular flexibility index (Phi) is 4.46. The molecule has 0 bridgehead atoms. The van der Waals surface area contributed by atoms with Crippen molar-refractivity contribution in [3.8, 4) is 5.75 Å². The van der Waals surface area contributed by atoms with E-state index in [-0.39, 0.29) is 17.6 Å². The number of methoxy groups -OCH3 is 1. The summed E-state index contributed by atoms with van der Waals surface area (Å²) in [6.45, 7) is 1.69. The molecule has 1 N–H and O–H groups in total. The Hall–Kier alpha value is -2.67. The maximum Gasteiger partial charge on any atom is 0.226 e. The van der Waals surface area contributed by atoms with E-state index >= 15 is 0 Å². The minimum absolute atomic E-state index is 0.0271. The summed E-state index contributed by atoms with van der Waals surface area (Å²) >= 11 is 1.45. The van der Waals surface area contributed by atoms with Crippen LogP contribution in [0.15, 0.2) is 42.5 Å². The molecule has 0 unspecified atom stereocenters. The summed E-state index contributed by atoms with van der Waals surface area (Å²) in [4.78, 5) is 18.9. The van der Waals surface area contributed by atoms with Gasteiger partial charge in [0, 0.05) is 25.2 Å². The first kappa shape index (κ1) is 16.8. The van der Waals surface area contributed by atoms with Crippen molar-refractivity contribution >= 4 is 32.6 Å². The van der Waals surface area contributed by atoms with Gasteiger partial charge in [-0.25, -0.2) is 9.37 Å². The number of amides is 1. The molecule has 2 heterocycles. The number of carbonyl (C=O) groups excluding carboxylic acids is 1. The van der Waals surface area contributed by atoms with Crippen molar-refractivity contribution in [3.63, 3.8) is 0 Å². The van der Waals surface area contributed by atoms with Crippen molar-refractivity contribution < 1.29 is 13.9 Å². The molecule has 134 valence electrons. The molecular weight excluding hydrogens is 353 g/mol.